The van der Waals surface area contributed by atoms with E-state index < -0.39 is 0 Å². The highest BCUT2D eigenvalue weighted by Gasteiger charge is 2.31. The number of hydrogen-bond acceptors (Lipinski definition) is 1. The van der Waals surface area contributed by atoms with Gasteiger partial charge in [0.05, 0.1) is 0 Å². The van der Waals surface area contributed by atoms with Crippen LogP contribution in [-0.2, 0) is 19.3 Å². The molecule has 0 spiro atoms. The quantitative estimate of drug-likeness (QED) is 0.668. The molecule has 2 aliphatic rings. The smallest absolute Gasteiger partial charge is 0.166 e. The van der Waals surface area contributed by atoms with Crippen LogP contribution in [0, 0.1) is 5.92 Å². The van der Waals surface area contributed by atoms with E-state index in [1.54, 1.807) is 0 Å². The molecule has 1 atom stereocenters. The Balaban J connectivity index is 2.19. The first-order valence-corrected chi connectivity index (χ1v) is 6.36. The van der Waals surface area contributed by atoms with Crippen LogP contribution in [0.5, 0.6) is 0 Å². The summed E-state index contributed by atoms with van der Waals surface area (Å²) in [7, 11) is 0. The van der Waals surface area contributed by atoms with Crippen molar-refractivity contribution in [2.24, 2.45) is 5.92 Å². The monoisotopic (exact) mass is 222 g/mol. The van der Waals surface area contributed by atoms with Gasteiger partial charge >= 0.3 is 0 Å². The Morgan fingerprint density at radius 3 is 2.82 bits per heavy atom. The van der Waals surface area contributed by atoms with Gasteiger partial charge in [-0.05, 0) is 46.7 Å². The summed E-state index contributed by atoms with van der Waals surface area (Å²) in [5.41, 5.74) is 5.17. The lowest BCUT2D eigenvalue weighted by atomic mass is 9.96. The van der Waals surface area contributed by atoms with Crippen LogP contribution in [-0.4, -0.2) is 5.78 Å². The minimum Gasteiger partial charge on any atom is -0.294 e. The van der Waals surface area contributed by atoms with E-state index in [9.17, 15) is 4.79 Å². The molecule has 0 radical (unpaired) electrons. The molecule has 2 aromatic rings. The standard InChI is InChI=1S/C16H14O/c1-9-7-12-8-11-6-5-10-3-2-4-13(14(10)11)15(12)16(9)17/h2-4,8-9H,5-7H2,1H3. The third kappa shape index (κ3) is 1.07. The van der Waals surface area contributed by atoms with Gasteiger partial charge in [0.25, 0.3) is 0 Å². The molecule has 0 aromatic heterocycles. The Kier molecular flexibility index (Phi) is 1.65. The molecule has 0 N–H and O–H groups in total. The lowest BCUT2D eigenvalue weighted by Gasteiger charge is -2.07. The Hall–Kier alpha value is -1.63. The lowest BCUT2D eigenvalue weighted by molar-refractivity contribution is 0.0947. The van der Waals surface area contributed by atoms with Gasteiger partial charge in [0.15, 0.2) is 5.78 Å². The van der Waals surface area contributed by atoms with Crippen molar-refractivity contribution in [3.05, 3.63) is 46.5 Å². The van der Waals surface area contributed by atoms with Gasteiger partial charge in [-0.2, -0.15) is 0 Å². The van der Waals surface area contributed by atoms with E-state index >= 15 is 0 Å². The minimum atomic E-state index is 0.173. The summed E-state index contributed by atoms with van der Waals surface area (Å²) in [5.74, 6) is 0.516. The van der Waals surface area contributed by atoms with Crippen LogP contribution in [0.25, 0.3) is 10.8 Å². The number of fused-ring (bicyclic) bond motifs is 2. The fourth-order valence-corrected chi connectivity index (χ4v) is 3.51. The molecule has 2 aliphatic carbocycles. The van der Waals surface area contributed by atoms with E-state index in [1.165, 1.54) is 27.5 Å². The summed E-state index contributed by atoms with van der Waals surface area (Å²) in [4.78, 5) is 12.3. The summed E-state index contributed by atoms with van der Waals surface area (Å²) >= 11 is 0. The average Bonchev–Trinajstić information content (AvgIpc) is 2.85. The maximum atomic E-state index is 12.3. The van der Waals surface area contributed by atoms with E-state index in [0.29, 0.717) is 5.78 Å². The molecule has 1 nitrogen and oxygen atoms in total. The van der Waals surface area contributed by atoms with Gasteiger partial charge in [0, 0.05) is 11.5 Å². The molecule has 2 aromatic carbocycles. The Morgan fingerprint density at radius 1 is 1.12 bits per heavy atom. The van der Waals surface area contributed by atoms with Crippen LogP contribution in [0.2, 0.25) is 0 Å². The highest BCUT2D eigenvalue weighted by atomic mass is 16.1. The molecule has 84 valence electrons. The normalized spacial score (nSPS) is 21.2. The number of Topliss-reactive ketones (excluding diaryl/α,β-unsaturated/α-hetero) is 1. The predicted molar refractivity (Wildman–Crippen MR) is 68.6 cm³/mol. The van der Waals surface area contributed by atoms with E-state index in [2.05, 4.69) is 24.3 Å². The van der Waals surface area contributed by atoms with Crippen LogP contribution >= 0.6 is 0 Å². The number of hydrogen-bond donors (Lipinski definition) is 0. The van der Waals surface area contributed by atoms with Crippen molar-refractivity contribution in [2.45, 2.75) is 26.2 Å². The molecule has 0 heterocycles. The highest BCUT2D eigenvalue weighted by Crippen LogP contribution is 2.39. The highest BCUT2D eigenvalue weighted by molar-refractivity contribution is 6.14. The van der Waals surface area contributed by atoms with Crippen molar-refractivity contribution in [3.8, 4) is 0 Å². The Labute approximate surface area is 100 Å². The summed E-state index contributed by atoms with van der Waals surface area (Å²) in [6.07, 6.45) is 3.21. The number of benzene rings is 2. The second-order valence-corrected chi connectivity index (χ2v) is 5.38. The van der Waals surface area contributed by atoms with Crippen LogP contribution in [0.1, 0.15) is 34.0 Å². The van der Waals surface area contributed by atoms with Gasteiger partial charge in [-0.15, -0.1) is 0 Å². The molecule has 17 heavy (non-hydrogen) atoms. The fourth-order valence-electron chi connectivity index (χ4n) is 3.51. The molecular formula is C16H14O. The molecule has 0 fully saturated rings. The van der Waals surface area contributed by atoms with Crippen molar-refractivity contribution in [1.29, 1.82) is 0 Å². The molecular weight excluding hydrogens is 208 g/mol. The first-order chi connectivity index (χ1) is 8.25. The first kappa shape index (κ1) is 9.41. The summed E-state index contributed by atoms with van der Waals surface area (Å²) < 4.78 is 0. The minimum absolute atomic E-state index is 0.173. The lowest BCUT2D eigenvalue weighted by Crippen LogP contribution is -2.03. The Bertz CT molecular complexity index is 667. The molecule has 1 unspecified atom stereocenters. The van der Waals surface area contributed by atoms with E-state index in [0.717, 1.165) is 24.8 Å². The van der Waals surface area contributed by atoms with Crippen molar-refractivity contribution in [3.63, 3.8) is 0 Å². The van der Waals surface area contributed by atoms with E-state index in [4.69, 9.17) is 0 Å². The fraction of sp³-hybridized carbons (Fsp3) is 0.312. The molecule has 4 rings (SSSR count). The first-order valence-electron chi connectivity index (χ1n) is 6.36. The van der Waals surface area contributed by atoms with Crippen molar-refractivity contribution < 1.29 is 4.79 Å². The third-order valence-electron chi connectivity index (χ3n) is 4.29. The van der Waals surface area contributed by atoms with E-state index in [-0.39, 0.29) is 5.92 Å². The third-order valence-corrected chi connectivity index (χ3v) is 4.29. The zero-order valence-corrected chi connectivity index (χ0v) is 9.92. The van der Waals surface area contributed by atoms with Gasteiger partial charge in [-0.3, -0.25) is 4.79 Å². The zero-order valence-electron chi connectivity index (χ0n) is 9.92. The molecule has 0 saturated heterocycles. The van der Waals surface area contributed by atoms with Gasteiger partial charge in [-0.1, -0.05) is 31.2 Å². The SMILES string of the molecule is CC1Cc2cc3c4c(cccc4c2C1=O)CC3. The van der Waals surface area contributed by atoms with Gasteiger partial charge in [-0.25, -0.2) is 0 Å². The van der Waals surface area contributed by atoms with Crippen molar-refractivity contribution in [2.75, 3.05) is 0 Å². The van der Waals surface area contributed by atoms with Crippen LogP contribution in [0.3, 0.4) is 0 Å². The summed E-state index contributed by atoms with van der Waals surface area (Å²) in [6.45, 7) is 2.05. The summed E-state index contributed by atoms with van der Waals surface area (Å²) in [6, 6.07) is 8.72. The molecule has 0 bridgehead atoms. The van der Waals surface area contributed by atoms with Gasteiger partial charge < -0.3 is 0 Å². The Morgan fingerprint density at radius 2 is 1.94 bits per heavy atom. The number of aryl methyl sites for hydroxylation is 2. The van der Waals surface area contributed by atoms with Crippen LogP contribution < -0.4 is 0 Å². The molecule has 0 amide bonds. The maximum absolute atomic E-state index is 12.3. The molecule has 0 saturated carbocycles. The predicted octanol–water partition coefficient (Wildman–Crippen LogP) is 3.31. The van der Waals surface area contributed by atoms with Gasteiger partial charge in [0.2, 0.25) is 0 Å². The summed E-state index contributed by atoms with van der Waals surface area (Å²) in [5, 5.41) is 2.58. The topological polar surface area (TPSA) is 17.1 Å². The van der Waals surface area contributed by atoms with Crippen LogP contribution in [0.4, 0.5) is 0 Å². The number of ketones is 1. The largest absolute Gasteiger partial charge is 0.294 e. The number of rotatable bonds is 0. The van der Waals surface area contributed by atoms with Crippen LogP contribution in [0.15, 0.2) is 24.3 Å². The number of carbonyl (C=O) groups is 1. The van der Waals surface area contributed by atoms with E-state index in [1.807, 2.05) is 6.92 Å². The van der Waals surface area contributed by atoms with Gasteiger partial charge in [0.1, 0.15) is 0 Å². The second kappa shape index (κ2) is 2.98. The van der Waals surface area contributed by atoms with Crippen molar-refractivity contribution in [1.82, 2.24) is 0 Å². The maximum Gasteiger partial charge on any atom is 0.166 e. The average molecular weight is 222 g/mol. The second-order valence-electron chi connectivity index (χ2n) is 5.38. The molecule has 1 heteroatoms. The number of carbonyl (C=O) groups excluding carboxylic acids is 1. The zero-order chi connectivity index (χ0) is 11.6. The molecule has 0 aliphatic heterocycles. The van der Waals surface area contributed by atoms with Crippen molar-refractivity contribution >= 4 is 16.6 Å².